The van der Waals surface area contributed by atoms with E-state index in [-0.39, 0.29) is 0 Å². The lowest BCUT2D eigenvalue weighted by Gasteiger charge is -2.39. The molecule has 5 heteroatoms. The van der Waals surface area contributed by atoms with Gasteiger partial charge in [-0.25, -0.2) is 0 Å². The molecule has 188 valence electrons. The lowest BCUT2D eigenvalue weighted by molar-refractivity contribution is 0.0407. The van der Waals surface area contributed by atoms with Crippen molar-refractivity contribution in [2.75, 3.05) is 25.7 Å². The molecule has 0 spiro atoms. The maximum Gasteiger partial charge on any atom is 0.504 e. The first-order chi connectivity index (χ1) is 15.2. The van der Waals surface area contributed by atoms with Crippen molar-refractivity contribution < 1.29 is 13.3 Å². The summed E-state index contributed by atoms with van der Waals surface area (Å²) >= 11 is 6.28. The highest BCUT2D eigenvalue weighted by atomic mass is 35.5. The molecule has 0 aliphatic rings. The number of halogens is 1. The second-order valence-corrected chi connectivity index (χ2v) is 12.2. The molecule has 2 unspecified atom stereocenters. The predicted molar refractivity (Wildman–Crippen MR) is 139 cm³/mol. The van der Waals surface area contributed by atoms with E-state index in [1.807, 2.05) is 0 Å². The molecule has 0 aromatic carbocycles. The summed E-state index contributed by atoms with van der Waals surface area (Å²) in [5.41, 5.74) is 0.352. The zero-order valence-electron chi connectivity index (χ0n) is 21.7. The molecule has 0 rings (SSSR count). The minimum Gasteiger partial charge on any atom is -0.373 e. The molecule has 0 aromatic heterocycles. The lowest BCUT2D eigenvalue weighted by atomic mass is 9.93. The van der Waals surface area contributed by atoms with Gasteiger partial charge in [-0.05, 0) is 38.0 Å². The Morgan fingerprint density at radius 3 is 1.42 bits per heavy atom. The smallest absolute Gasteiger partial charge is 0.373 e. The average Bonchev–Trinajstić information content (AvgIpc) is 2.78. The van der Waals surface area contributed by atoms with Gasteiger partial charge in [0.15, 0.2) is 0 Å². The standard InChI is InChI=1S/C26H55ClO3Si/c1-6-11-12-13-14-15-16-17-18-19-25(20-21-27)26(10-5)31(28-22-7-2,29-23-8-3)30-24-9-4/h25-26H,6-24H2,1-5H3. The number of alkyl halides is 1. The van der Waals surface area contributed by atoms with Crippen molar-refractivity contribution in [1.82, 2.24) is 0 Å². The highest BCUT2D eigenvalue weighted by molar-refractivity contribution is 6.62. The van der Waals surface area contributed by atoms with Gasteiger partial charge in [0.2, 0.25) is 0 Å². The van der Waals surface area contributed by atoms with Gasteiger partial charge < -0.3 is 13.3 Å². The van der Waals surface area contributed by atoms with Crippen molar-refractivity contribution >= 4 is 20.4 Å². The van der Waals surface area contributed by atoms with E-state index in [9.17, 15) is 0 Å². The van der Waals surface area contributed by atoms with E-state index in [2.05, 4.69) is 34.6 Å². The lowest BCUT2D eigenvalue weighted by Crippen LogP contribution is -2.53. The van der Waals surface area contributed by atoms with Gasteiger partial charge in [0.05, 0.1) is 0 Å². The van der Waals surface area contributed by atoms with Gasteiger partial charge in [-0.1, -0.05) is 98.8 Å². The third kappa shape index (κ3) is 14.3. The van der Waals surface area contributed by atoms with Gasteiger partial charge in [0.1, 0.15) is 0 Å². The fourth-order valence-corrected chi connectivity index (χ4v) is 8.50. The van der Waals surface area contributed by atoms with Crippen LogP contribution in [0, 0.1) is 5.92 Å². The highest BCUT2D eigenvalue weighted by Gasteiger charge is 2.51. The van der Waals surface area contributed by atoms with Gasteiger partial charge in [0, 0.05) is 31.2 Å². The van der Waals surface area contributed by atoms with Crippen molar-refractivity contribution in [3.8, 4) is 0 Å². The van der Waals surface area contributed by atoms with Crippen LogP contribution in [-0.2, 0) is 13.3 Å². The summed E-state index contributed by atoms with van der Waals surface area (Å²) in [6.07, 6.45) is 18.6. The Bertz CT molecular complexity index is 349. The summed E-state index contributed by atoms with van der Waals surface area (Å²) < 4.78 is 19.5. The van der Waals surface area contributed by atoms with Gasteiger partial charge in [-0.3, -0.25) is 0 Å². The zero-order chi connectivity index (χ0) is 23.2. The van der Waals surface area contributed by atoms with E-state index < -0.39 is 8.80 Å². The van der Waals surface area contributed by atoms with Crippen LogP contribution in [0.3, 0.4) is 0 Å². The van der Waals surface area contributed by atoms with Crippen LogP contribution in [0.4, 0.5) is 0 Å². The molecule has 0 aromatic rings. The van der Waals surface area contributed by atoms with E-state index in [1.54, 1.807) is 0 Å². The van der Waals surface area contributed by atoms with Gasteiger partial charge >= 0.3 is 8.80 Å². The van der Waals surface area contributed by atoms with Crippen LogP contribution in [0.25, 0.3) is 0 Å². The van der Waals surface area contributed by atoms with Crippen LogP contribution >= 0.6 is 11.6 Å². The summed E-state index contributed by atoms with van der Waals surface area (Å²) in [6.45, 7) is 13.2. The molecule has 0 bridgehead atoms. The van der Waals surface area contributed by atoms with Crippen molar-refractivity contribution in [3.63, 3.8) is 0 Å². The maximum absolute atomic E-state index is 6.51. The Kier molecular flexibility index (Phi) is 22.5. The van der Waals surface area contributed by atoms with Crippen LogP contribution in [-0.4, -0.2) is 34.5 Å². The van der Waals surface area contributed by atoms with E-state index >= 15 is 0 Å². The Labute approximate surface area is 201 Å². The first-order valence-corrected chi connectivity index (χ1v) is 16.0. The van der Waals surface area contributed by atoms with Crippen LogP contribution in [0.15, 0.2) is 0 Å². The van der Waals surface area contributed by atoms with Crippen LogP contribution in [0.5, 0.6) is 0 Å². The molecule has 2 atom stereocenters. The third-order valence-electron chi connectivity index (χ3n) is 6.14. The van der Waals surface area contributed by atoms with E-state index in [4.69, 9.17) is 24.9 Å². The SMILES string of the molecule is CCCCCCCCCCCC(CCCl)C(CC)[Si](OCCC)(OCCC)OCCC. The second kappa shape index (κ2) is 22.2. The molecule has 0 heterocycles. The minimum atomic E-state index is -2.74. The third-order valence-corrected chi connectivity index (χ3v) is 9.97. The molecule has 0 amide bonds. The van der Waals surface area contributed by atoms with Crippen LogP contribution < -0.4 is 0 Å². The van der Waals surface area contributed by atoms with Crippen molar-refractivity contribution in [2.45, 2.75) is 136 Å². The molecule has 0 saturated heterocycles. The average molecular weight is 479 g/mol. The molecule has 31 heavy (non-hydrogen) atoms. The summed E-state index contributed by atoms with van der Waals surface area (Å²) in [5.74, 6) is 1.24. The van der Waals surface area contributed by atoms with E-state index in [0.717, 1.165) is 51.9 Å². The van der Waals surface area contributed by atoms with Crippen LogP contribution in [0.2, 0.25) is 5.54 Å². The summed E-state index contributed by atoms with van der Waals surface area (Å²) in [7, 11) is -2.74. The molecule has 0 fully saturated rings. The highest BCUT2D eigenvalue weighted by Crippen LogP contribution is 2.41. The molecule has 0 aliphatic carbocycles. The number of hydrogen-bond donors (Lipinski definition) is 0. The minimum absolute atomic E-state index is 0.352. The normalized spacial score (nSPS) is 14.1. The molecular weight excluding hydrogens is 424 g/mol. The molecule has 0 N–H and O–H groups in total. The fourth-order valence-electron chi connectivity index (χ4n) is 4.46. The largest absolute Gasteiger partial charge is 0.504 e. The molecule has 0 aliphatic heterocycles. The van der Waals surface area contributed by atoms with E-state index in [1.165, 1.54) is 64.2 Å². The Morgan fingerprint density at radius 2 is 1.03 bits per heavy atom. The van der Waals surface area contributed by atoms with Gasteiger partial charge in [0.25, 0.3) is 0 Å². The second-order valence-electron chi connectivity index (χ2n) is 9.02. The van der Waals surface area contributed by atoms with E-state index in [0.29, 0.717) is 17.3 Å². The first kappa shape index (κ1) is 31.4. The Hall–Kier alpha value is 0.387. The predicted octanol–water partition coefficient (Wildman–Crippen LogP) is 9.15. The molecule has 0 saturated carbocycles. The van der Waals surface area contributed by atoms with Crippen molar-refractivity contribution in [3.05, 3.63) is 0 Å². The number of unbranched alkanes of at least 4 members (excludes halogenated alkanes) is 8. The number of hydrogen-bond acceptors (Lipinski definition) is 3. The first-order valence-electron chi connectivity index (χ1n) is 13.6. The molecular formula is C26H55ClO3Si. The Morgan fingerprint density at radius 1 is 0.581 bits per heavy atom. The summed E-state index contributed by atoms with van der Waals surface area (Å²) in [6, 6.07) is 0. The van der Waals surface area contributed by atoms with Crippen molar-refractivity contribution in [1.29, 1.82) is 0 Å². The molecule has 0 radical (unpaired) electrons. The number of rotatable bonds is 24. The zero-order valence-corrected chi connectivity index (χ0v) is 23.4. The quantitative estimate of drug-likeness (QED) is 0.0785. The fraction of sp³-hybridized carbons (Fsp3) is 1.00. The topological polar surface area (TPSA) is 27.7 Å². The van der Waals surface area contributed by atoms with Gasteiger partial charge in [-0.15, -0.1) is 11.6 Å². The van der Waals surface area contributed by atoms with Crippen molar-refractivity contribution in [2.24, 2.45) is 5.92 Å². The molecule has 3 nitrogen and oxygen atoms in total. The monoisotopic (exact) mass is 478 g/mol. The summed E-state index contributed by atoms with van der Waals surface area (Å²) in [4.78, 5) is 0. The summed E-state index contributed by atoms with van der Waals surface area (Å²) in [5, 5.41) is 0. The van der Waals surface area contributed by atoms with Crippen LogP contribution in [0.1, 0.15) is 131 Å². The van der Waals surface area contributed by atoms with Gasteiger partial charge in [-0.2, -0.15) is 0 Å². The maximum atomic E-state index is 6.51. The Balaban J connectivity index is 4.96.